The van der Waals surface area contributed by atoms with Gasteiger partial charge in [-0.1, -0.05) is 23.9 Å². The van der Waals surface area contributed by atoms with Gasteiger partial charge in [0.25, 0.3) is 0 Å². The second-order valence-corrected chi connectivity index (χ2v) is 4.62. The Hall–Kier alpha value is -1.44. The van der Waals surface area contributed by atoms with Crippen LogP contribution in [-0.2, 0) is 0 Å². The number of hydrogen-bond donors (Lipinski definition) is 3. The smallest absolute Gasteiger partial charge is 0.488 e. The maximum absolute atomic E-state index is 8.94. The van der Waals surface area contributed by atoms with Crippen LogP contribution in [0.3, 0.4) is 0 Å². The number of hydrogen-bond acceptors (Lipinski definition) is 5. The zero-order valence-corrected chi connectivity index (χ0v) is 10.4. The molecule has 1 heterocycles. The molecule has 2 rings (SSSR count). The third kappa shape index (κ3) is 3.80. The quantitative estimate of drug-likeness (QED) is 0.396. The molecule has 0 aliphatic heterocycles. The topological polar surface area (TPSA) is 78.4 Å². The number of ether oxygens (including phenoxy) is 1. The summed E-state index contributed by atoms with van der Waals surface area (Å²) in [4.78, 5) is 7.08. The summed E-state index contributed by atoms with van der Waals surface area (Å²) >= 11 is 1.58. The van der Waals surface area contributed by atoms with Crippen molar-refractivity contribution in [3.8, 4) is 5.75 Å². The zero-order valence-electron chi connectivity index (χ0n) is 9.61. The Bertz CT molecular complexity index is 462. The highest BCUT2D eigenvalue weighted by Gasteiger charge is 2.09. The Balaban J connectivity index is 1.73. The number of imidazole rings is 1. The van der Waals surface area contributed by atoms with E-state index in [2.05, 4.69) is 9.97 Å². The van der Waals surface area contributed by atoms with Crippen molar-refractivity contribution < 1.29 is 14.8 Å². The van der Waals surface area contributed by atoms with E-state index in [0.717, 1.165) is 10.9 Å². The normalized spacial score (nSPS) is 10.3. The monoisotopic (exact) mass is 264 g/mol. The van der Waals surface area contributed by atoms with Gasteiger partial charge in [0.1, 0.15) is 5.75 Å². The van der Waals surface area contributed by atoms with E-state index in [-0.39, 0.29) is 0 Å². The van der Waals surface area contributed by atoms with Crippen molar-refractivity contribution in [1.29, 1.82) is 0 Å². The fourth-order valence-corrected chi connectivity index (χ4v) is 2.01. The van der Waals surface area contributed by atoms with E-state index < -0.39 is 7.12 Å². The van der Waals surface area contributed by atoms with Crippen LogP contribution >= 0.6 is 11.8 Å². The lowest BCUT2D eigenvalue weighted by Gasteiger charge is -2.06. The lowest BCUT2D eigenvalue weighted by molar-refractivity contribution is 0.344. The Labute approximate surface area is 109 Å². The van der Waals surface area contributed by atoms with Crippen LogP contribution in [0.4, 0.5) is 0 Å². The molecule has 0 fully saturated rings. The number of aromatic amines is 1. The molecule has 0 aliphatic rings. The average Bonchev–Trinajstić information content (AvgIpc) is 2.88. The maximum Gasteiger partial charge on any atom is 0.488 e. The molecule has 0 unspecified atom stereocenters. The first-order valence-electron chi connectivity index (χ1n) is 5.47. The van der Waals surface area contributed by atoms with Crippen LogP contribution in [0, 0.1) is 0 Å². The van der Waals surface area contributed by atoms with Gasteiger partial charge in [-0.25, -0.2) is 4.98 Å². The van der Waals surface area contributed by atoms with Crippen LogP contribution in [-0.4, -0.2) is 39.5 Å². The highest BCUT2D eigenvalue weighted by molar-refractivity contribution is 7.99. The highest BCUT2D eigenvalue weighted by Crippen LogP contribution is 2.13. The largest absolute Gasteiger partial charge is 0.493 e. The van der Waals surface area contributed by atoms with Crippen molar-refractivity contribution in [2.75, 3.05) is 12.4 Å². The fraction of sp³-hybridized carbons (Fsp3) is 0.182. The van der Waals surface area contributed by atoms with E-state index in [0.29, 0.717) is 17.8 Å². The van der Waals surface area contributed by atoms with Gasteiger partial charge in [0.2, 0.25) is 0 Å². The van der Waals surface area contributed by atoms with Gasteiger partial charge in [-0.05, 0) is 17.6 Å². The van der Waals surface area contributed by atoms with Crippen LogP contribution in [0.1, 0.15) is 0 Å². The molecule has 3 N–H and O–H groups in total. The van der Waals surface area contributed by atoms with Crippen LogP contribution in [0.25, 0.3) is 0 Å². The molecular weight excluding hydrogens is 251 g/mol. The average molecular weight is 264 g/mol. The SMILES string of the molecule is OB(O)c1ccc(OCCSc2ncc[nH]2)cc1. The van der Waals surface area contributed by atoms with Crippen molar-refractivity contribution in [3.63, 3.8) is 0 Å². The lowest BCUT2D eigenvalue weighted by Crippen LogP contribution is -2.29. The summed E-state index contributed by atoms with van der Waals surface area (Å²) in [6, 6.07) is 6.68. The molecule has 2 aromatic rings. The molecule has 0 amide bonds. The molecule has 0 bridgehead atoms. The third-order valence-electron chi connectivity index (χ3n) is 2.24. The fourth-order valence-electron chi connectivity index (χ4n) is 1.36. The van der Waals surface area contributed by atoms with Crippen molar-refractivity contribution in [2.45, 2.75) is 5.16 Å². The lowest BCUT2D eigenvalue weighted by atomic mass is 9.80. The summed E-state index contributed by atoms with van der Waals surface area (Å²) in [6.07, 6.45) is 3.49. The molecule has 1 aromatic heterocycles. The van der Waals surface area contributed by atoms with Gasteiger partial charge in [0.15, 0.2) is 5.16 Å². The first-order chi connectivity index (χ1) is 8.75. The van der Waals surface area contributed by atoms with Crippen LogP contribution < -0.4 is 10.2 Å². The number of nitrogens with one attached hydrogen (secondary N) is 1. The van der Waals surface area contributed by atoms with Gasteiger partial charge in [-0.15, -0.1) is 0 Å². The second-order valence-electron chi connectivity index (χ2n) is 3.53. The van der Waals surface area contributed by atoms with Gasteiger partial charge >= 0.3 is 7.12 Å². The first kappa shape index (κ1) is 13.0. The molecule has 0 saturated carbocycles. The number of H-pyrrole nitrogens is 1. The molecule has 5 nitrogen and oxygen atoms in total. The van der Waals surface area contributed by atoms with Crippen molar-refractivity contribution in [1.82, 2.24) is 9.97 Å². The molecule has 94 valence electrons. The van der Waals surface area contributed by atoms with E-state index >= 15 is 0 Å². The molecule has 0 atom stereocenters. The summed E-state index contributed by atoms with van der Waals surface area (Å²) in [5.41, 5.74) is 0.451. The molecule has 7 heteroatoms. The molecule has 0 spiro atoms. The van der Waals surface area contributed by atoms with Crippen LogP contribution in [0.5, 0.6) is 5.75 Å². The number of benzene rings is 1. The Morgan fingerprint density at radius 1 is 1.28 bits per heavy atom. The van der Waals surface area contributed by atoms with Gasteiger partial charge in [-0.3, -0.25) is 0 Å². The maximum atomic E-state index is 8.94. The van der Waals surface area contributed by atoms with Crippen molar-refractivity contribution >= 4 is 24.3 Å². The van der Waals surface area contributed by atoms with Gasteiger partial charge in [-0.2, -0.15) is 0 Å². The Kier molecular flexibility index (Phi) is 4.69. The van der Waals surface area contributed by atoms with E-state index in [4.69, 9.17) is 14.8 Å². The zero-order chi connectivity index (χ0) is 12.8. The van der Waals surface area contributed by atoms with E-state index in [9.17, 15) is 0 Å². The summed E-state index contributed by atoms with van der Waals surface area (Å²) in [6.45, 7) is 0.562. The Morgan fingerprint density at radius 2 is 2.06 bits per heavy atom. The third-order valence-corrected chi connectivity index (χ3v) is 3.11. The minimum absolute atomic E-state index is 0.451. The predicted octanol–water partition coefficient (Wildman–Crippen LogP) is 0.261. The van der Waals surface area contributed by atoms with Gasteiger partial charge < -0.3 is 19.8 Å². The van der Waals surface area contributed by atoms with E-state index in [1.807, 2.05) is 0 Å². The van der Waals surface area contributed by atoms with Crippen LogP contribution in [0.2, 0.25) is 0 Å². The summed E-state index contributed by atoms with van der Waals surface area (Å²) in [5, 5.41) is 18.7. The molecule has 0 radical (unpaired) electrons. The summed E-state index contributed by atoms with van der Waals surface area (Å²) in [5.74, 6) is 1.50. The van der Waals surface area contributed by atoms with E-state index in [1.165, 1.54) is 0 Å². The minimum atomic E-state index is -1.44. The minimum Gasteiger partial charge on any atom is -0.493 e. The number of nitrogens with zero attached hydrogens (tertiary/aromatic N) is 1. The summed E-state index contributed by atoms with van der Waals surface area (Å²) in [7, 11) is -1.44. The molecule has 0 aliphatic carbocycles. The van der Waals surface area contributed by atoms with Crippen LogP contribution in [0.15, 0.2) is 41.8 Å². The predicted molar refractivity (Wildman–Crippen MR) is 71.1 cm³/mol. The second kappa shape index (κ2) is 6.48. The number of rotatable bonds is 6. The number of thioether (sulfide) groups is 1. The van der Waals surface area contributed by atoms with Gasteiger partial charge in [0.05, 0.1) is 6.61 Å². The molecule has 1 aromatic carbocycles. The standard InChI is InChI=1S/C11H13BN2O3S/c15-12(16)9-1-3-10(4-2-9)17-7-8-18-11-13-5-6-14-11/h1-6,15-16H,7-8H2,(H,13,14). The van der Waals surface area contributed by atoms with Crippen molar-refractivity contribution in [2.24, 2.45) is 0 Å². The summed E-state index contributed by atoms with van der Waals surface area (Å²) < 4.78 is 5.51. The molecular formula is C11H13BN2O3S. The van der Waals surface area contributed by atoms with Gasteiger partial charge in [0, 0.05) is 18.1 Å². The molecule has 0 saturated heterocycles. The molecule has 18 heavy (non-hydrogen) atoms. The number of aromatic nitrogens is 2. The first-order valence-corrected chi connectivity index (χ1v) is 6.45. The van der Waals surface area contributed by atoms with Crippen molar-refractivity contribution in [3.05, 3.63) is 36.7 Å². The van der Waals surface area contributed by atoms with E-state index in [1.54, 1.807) is 48.4 Å². The Morgan fingerprint density at radius 3 is 2.67 bits per heavy atom. The highest BCUT2D eigenvalue weighted by atomic mass is 32.2.